The molecule has 4 nitrogen and oxygen atoms in total. The molecule has 3 rings (SSSR count). The first kappa shape index (κ1) is 14.3. The monoisotopic (exact) mass is 296 g/mol. The molecule has 0 spiro atoms. The van der Waals surface area contributed by atoms with Crippen molar-refractivity contribution in [2.24, 2.45) is 0 Å². The van der Waals surface area contributed by atoms with E-state index in [1.807, 2.05) is 4.90 Å². The molecular weight excluding hydrogens is 278 g/mol. The molecule has 114 valence electrons. The Labute approximate surface area is 122 Å². The minimum Gasteiger partial charge on any atom is -0.478 e. The van der Waals surface area contributed by atoms with E-state index in [1.54, 1.807) is 0 Å². The minimum atomic E-state index is -1.45. The van der Waals surface area contributed by atoms with Crippen LogP contribution in [0.4, 0.5) is 14.5 Å². The zero-order valence-electron chi connectivity index (χ0n) is 11.7. The second-order valence-corrected chi connectivity index (χ2v) is 5.70. The number of hydrogen-bond acceptors (Lipinski definition) is 3. The topological polar surface area (TPSA) is 43.8 Å². The number of carboxylic acid groups (broad SMARTS) is 1. The number of halogens is 2. The summed E-state index contributed by atoms with van der Waals surface area (Å²) in [6, 6.07) is 2.91. The highest BCUT2D eigenvalue weighted by Gasteiger charge is 2.30. The fraction of sp³-hybridized carbons (Fsp3) is 0.533. The molecule has 1 aromatic rings. The van der Waals surface area contributed by atoms with Gasteiger partial charge in [0.15, 0.2) is 11.6 Å². The zero-order chi connectivity index (χ0) is 15.0. The maximum atomic E-state index is 14.2. The van der Waals surface area contributed by atoms with Crippen molar-refractivity contribution in [3.05, 3.63) is 29.3 Å². The van der Waals surface area contributed by atoms with Gasteiger partial charge in [-0.3, -0.25) is 4.90 Å². The summed E-state index contributed by atoms with van der Waals surface area (Å²) in [5.74, 6) is -3.77. The van der Waals surface area contributed by atoms with Gasteiger partial charge in [-0.15, -0.1) is 0 Å². The summed E-state index contributed by atoms with van der Waals surface area (Å²) in [6.07, 6.45) is 3.12. The Hall–Kier alpha value is -1.69. The average molecular weight is 296 g/mol. The number of carbonyl (C=O) groups is 1. The molecule has 0 aromatic heterocycles. The second kappa shape index (κ2) is 5.60. The number of anilines is 1. The Bertz CT molecular complexity index is 565. The van der Waals surface area contributed by atoms with E-state index in [4.69, 9.17) is 5.11 Å². The highest BCUT2D eigenvalue weighted by molar-refractivity contribution is 5.88. The van der Waals surface area contributed by atoms with Crippen molar-refractivity contribution in [3.63, 3.8) is 0 Å². The van der Waals surface area contributed by atoms with E-state index in [2.05, 4.69) is 4.90 Å². The van der Waals surface area contributed by atoms with E-state index in [-0.39, 0.29) is 5.69 Å². The van der Waals surface area contributed by atoms with Crippen LogP contribution in [0.25, 0.3) is 0 Å². The third-order valence-corrected chi connectivity index (χ3v) is 4.44. The number of benzene rings is 1. The maximum Gasteiger partial charge on any atom is 0.338 e. The number of nitrogens with zero attached hydrogens (tertiary/aromatic N) is 2. The Balaban J connectivity index is 1.89. The van der Waals surface area contributed by atoms with Crippen LogP contribution in [0.2, 0.25) is 0 Å². The maximum absolute atomic E-state index is 14.2. The summed E-state index contributed by atoms with van der Waals surface area (Å²) in [4.78, 5) is 15.1. The van der Waals surface area contributed by atoms with Crippen LogP contribution in [0.15, 0.2) is 12.1 Å². The van der Waals surface area contributed by atoms with E-state index in [1.165, 1.54) is 6.07 Å². The molecule has 21 heavy (non-hydrogen) atoms. The summed E-state index contributed by atoms with van der Waals surface area (Å²) in [6.45, 7) is 3.39. The van der Waals surface area contributed by atoms with Crippen molar-refractivity contribution < 1.29 is 18.7 Å². The average Bonchev–Trinajstić information content (AvgIpc) is 2.79. The predicted molar refractivity (Wildman–Crippen MR) is 74.7 cm³/mol. The van der Waals surface area contributed by atoms with Crippen molar-refractivity contribution in [2.75, 3.05) is 31.1 Å². The first-order chi connectivity index (χ1) is 10.1. The van der Waals surface area contributed by atoms with Gasteiger partial charge in [0.1, 0.15) is 0 Å². The van der Waals surface area contributed by atoms with Crippen LogP contribution in [-0.2, 0) is 0 Å². The Morgan fingerprint density at radius 3 is 2.67 bits per heavy atom. The minimum absolute atomic E-state index is 0.172. The molecule has 2 heterocycles. The van der Waals surface area contributed by atoms with Gasteiger partial charge < -0.3 is 10.0 Å². The van der Waals surface area contributed by atoms with Crippen LogP contribution in [0.3, 0.4) is 0 Å². The van der Waals surface area contributed by atoms with E-state index in [0.717, 1.165) is 38.4 Å². The number of fused-ring (bicyclic) bond motifs is 1. The lowest BCUT2D eigenvalue weighted by atomic mass is 10.1. The molecule has 6 heteroatoms. The first-order valence-electron chi connectivity index (χ1n) is 7.28. The number of rotatable bonds is 2. The fourth-order valence-electron chi connectivity index (χ4n) is 3.37. The molecule has 2 aliphatic rings. The van der Waals surface area contributed by atoms with Crippen molar-refractivity contribution in [1.82, 2.24) is 4.90 Å². The molecule has 0 aliphatic carbocycles. The number of aromatic carboxylic acids is 1. The second-order valence-electron chi connectivity index (χ2n) is 5.70. The largest absolute Gasteiger partial charge is 0.478 e. The van der Waals surface area contributed by atoms with Gasteiger partial charge in [0, 0.05) is 25.7 Å². The Morgan fingerprint density at radius 1 is 1.14 bits per heavy atom. The summed E-state index contributed by atoms with van der Waals surface area (Å²) in [7, 11) is 0. The van der Waals surface area contributed by atoms with Gasteiger partial charge >= 0.3 is 5.97 Å². The molecular formula is C15H18F2N2O2. The zero-order valence-corrected chi connectivity index (χ0v) is 11.7. The van der Waals surface area contributed by atoms with Crippen molar-refractivity contribution in [2.45, 2.75) is 25.3 Å². The third kappa shape index (κ3) is 2.60. The van der Waals surface area contributed by atoms with Gasteiger partial charge in [-0.05, 0) is 37.9 Å². The molecule has 0 saturated carbocycles. The van der Waals surface area contributed by atoms with Crippen LogP contribution < -0.4 is 4.90 Å². The Morgan fingerprint density at radius 2 is 1.90 bits per heavy atom. The van der Waals surface area contributed by atoms with Crippen LogP contribution in [-0.4, -0.2) is 48.2 Å². The van der Waals surface area contributed by atoms with Gasteiger partial charge in [-0.25, -0.2) is 13.6 Å². The summed E-state index contributed by atoms with van der Waals surface area (Å²) in [5.41, 5.74) is -0.445. The molecule has 1 N–H and O–H groups in total. The van der Waals surface area contributed by atoms with Crippen molar-refractivity contribution in [1.29, 1.82) is 0 Å². The normalized spacial score (nSPS) is 23.0. The number of hydrogen-bond donors (Lipinski definition) is 1. The lowest BCUT2D eigenvalue weighted by molar-refractivity contribution is 0.0690. The molecule has 2 aliphatic heterocycles. The van der Waals surface area contributed by atoms with Gasteiger partial charge in [-0.1, -0.05) is 0 Å². The van der Waals surface area contributed by atoms with E-state index >= 15 is 0 Å². The summed E-state index contributed by atoms with van der Waals surface area (Å²) >= 11 is 0. The van der Waals surface area contributed by atoms with Crippen LogP contribution in [0.1, 0.15) is 29.6 Å². The lowest BCUT2D eigenvalue weighted by Gasteiger charge is -2.27. The standard InChI is InChI=1S/C15H18F2N2O2/c16-13-11(15(20)21)4-5-12(14(13)17)19-8-2-7-18-6-1-3-10(18)9-19/h4-5,10H,1-3,6-9H2,(H,20,21). The molecule has 1 aromatic carbocycles. The Kier molecular flexibility index (Phi) is 3.80. The molecule has 2 fully saturated rings. The highest BCUT2D eigenvalue weighted by Crippen LogP contribution is 2.29. The molecule has 0 radical (unpaired) electrons. The SMILES string of the molecule is O=C(O)c1ccc(N2CCCN3CCCC3C2)c(F)c1F. The van der Waals surface area contributed by atoms with Gasteiger partial charge in [0.2, 0.25) is 0 Å². The van der Waals surface area contributed by atoms with Crippen molar-refractivity contribution in [3.8, 4) is 0 Å². The van der Waals surface area contributed by atoms with E-state index in [9.17, 15) is 13.6 Å². The van der Waals surface area contributed by atoms with Crippen LogP contribution in [0.5, 0.6) is 0 Å². The quantitative estimate of drug-likeness (QED) is 0.910. The van der Waals surface area contributed by atoms with E-state index in [0.29, 0.717) is 19.1 Å². The highest BCUT2D eigenvalue weighted by atomic mass is 19.2. The fourth-order valence-corrected chi connectivity index (χ4v) is 3.37. The molecule has 0 bridgehead atoms. The molecule has 1 unspecified atom stereocenters. The van der Waals surface area contributed by atoms with Gasteiger partial charge in [-0.2, -0.15) is 0 Å². The number of carboxylic acids is 1. The van der Waals surface area contributed by atoms with Crippen molar-refractivity contribution >= 4 is 11.7 Å². The molecule has 0 amide bonds. The van der Waals surface area contributed by atoms with Gasteiger partial charge in [0.25, 0.3) is 0 Å². The summed E-state index contributed by atoms with van der Waals surface area (Å²) < 4.78 is 28.0. The molecule has 1 atom stereocenters. The summed E-state index contributed by atoms with van der Waals surface area (Å²) in [5, 5.41) is 8.83. The van der Waals surface area contributed by atoms with Gasteiger partial charge in [0.05, 0.1) is 11.3 Å². The van der Waals surface area contributed by atoms with E-state index < -0.39 is 23.2 Å². The predicted octanol–water partition coefficient (Wildman–Crippen LogP) is 2.34. The molecule has 2 saturated heterocycles. The van der Waals surface area contributed by atoms with Crippen LogP contribution in [0, 0.1) is 11.6 Å². The smallest absolute Gasteiger partial charge is 0.338 e. The lowest BCUT2D eigenvalue weighted by Crippen LogP contribution is -2.37. The first-order valence-corrected chi connectivity index (χ1v) is 7.28. The third-order valence-electron chi connectivity index (χ3n) is 4.44. The van der Waals surface area contributed by atoms with Crippen LogP contribution >= 0.6 is 0 Å².